The molecule has 10 heteroatoms. The summed E-state index contributed by atoms with van der Waals surface area (Å²) >= 11 is 1.53. The van der Waals surface area contributed by atoms with Gasteiger partial charge in [-0.15, -0.1) is 11.8 Å². The van der Waals surface area contributed by atoms with E-state index in [4.69, 9.17) is 0 Å². The van der Waals surface area contributed by atoms with Crippen LogP contribution in [0.1, 0.15) is 19.5 Å². The lowest BCUT2D eigenvalue weighted by atomic mass is 10.3. The van der Waals surface area contributed by atoms with Crippen LogP contribution in [-0.4, -0.2) is 31.2 Å². The smallest absolute Gasteiger partial charge is 0.325 e. The number of hydrogen-bond donors (Lipinski definition) is 1. The van der Waals surface area contributed by atoms with E-state index in [0.29, 0.717) is 22.9 Å². The molecule has 3 aromatic rings. The van der Waals surface area contributed by atoms with Crippen LogP contribution in [0.15, 0.2) is 29.3 Å². The summed E-state index contributed by atoms with van der Waals surface area (Å²) < 4.78 is 40.4. The molecule has 0 atom stereocenters. The largest absolute Gasteiger partial charge is 0.433 e. The monoisotopic (exact) mass is 395 g/mol. The average Bonchev–Trinajstić information content (AvgIpc) is 2.91. The van der Waals surface area contributed by atoms with E-state index in [2.05, 4.69) is 20.3 Å². The van der Waals surface area contributed by atoms with Crippen LogP contribution >= 0.6 is 11.8 Å². The molecule has 6 nitrogen and oxygen atoms in total. The normalized spacial score (nSPS) is 11.8. The Bertz CT molecular complexity index is 1020. The lowest BCUT2D eigenvalue weighted by Crippen LogP contribution is -2.08. The van der Waals surface area contributed by atoms with Gasteiger partial charge in [-0.25, -0.2) is 15.0 Å². The topological polar surface area (TPSA) is 72.7 Å². The van der Waals surface area contributed by atoms with Crippen molar-refractivity contribution in [2.45, 2.75) is 24.9 Å². The molecule has 0 fully saturated rings. The summed E-state index contributed by atoms with van der Waals surface area (Å²) in [5, 5.41) is 2.61. The van der Waals surface area contributed by atoms with Crippen molar-refractivity contribution in [2.75, 3.05) is 11.1 Å². The number of aryl methyl sites for hydroxylation is 1. The summed E-state index contributed by atoms with van der Waals surface area (Å²) in [6, 6.07) is 4.40. The van der Waals surface area contributed by atoms with Gasteiger partial charge in [-0.2, -0.15) is 13.2 Å². The molecule has 1 N–H and O–H groups in total. The number of hydrogen-bond acceptors (Lipinski definition) is 5. The van der Waals surface area contributed by atoms with Crippen molar-refractivity contribution in [3.05, 3.63) is 30.1 Å². The quantitative estimate of drug-likeness (QED) is 0.673. The summed E-state index contributed by atoms with van der Waals surface area (Å²) in [4.78, 5) is 24.4. The van der Waals surface area contributed by atoms with Crippen LogP contribution in [0, 0.1) is 0 Å². The molecule has 0 bridgehead atoms. The number of carbonyl (C=O) groups excluding carboxylic acids is 1. The van der Waals surface area contributed by atoms with Crippen molar-refractivity contribution < 1.29 is 18.0 Å². The van der Waals surface area contributed by atoms with Crippen LogP contribution in [0.2, 0.25) is 0 Å². The van der Waals surface area contributed by atoms with E-state index in [0.717, 1.165) is 22.9 Å². The third-order valence-corrected chi connectivity index (χ3v) is 4.66. The van der Waals surface area contributed by atoms with Gasteiger partial charge in [0.05, 0.1) is 17.2 Å². The Hall–Kier alpha value is -2.62. The van der Waals surface area contributed by atoms with Crippen molar-refractivity contribution in [3.63, 3.8) is 0 Å². The second kappa shape index (κ2) is 7.18. The zero-order valence-electron chi connectivity index (χ0n) is 14.8. The Labute approximate surface area is 157 Å². The van der Waals surface area contributed by atoms with Crippen molar-refractivity contribution in [2.24, 2.45) is 7.05 Å². The number of nitrogens with zero attached hydrogens (tertiary/aromatic N) is 4. The minimum Gasteiger partial charge on any atom is -0.325 e. The highest BCUT2D eigenvalue weighted by Gasteiger charge is 2.33. The first-order valence-corrected chi connectivity index (χ1v) is 9.00. The Morgan fingerprint density at radius 1 is 1.30 bits per heavy atom. The first kappa shape index (κ1) is 19.2. The third kappa shape index (κ3) is 3.90. The number of pyridine rings is 2. The van der Waals surface area contributed by atoms with E-state index in [1.165, 1.54) is 18.7 Å². The molecule has 0 aliphatic heterocycles. The predicted octanol–water partition coefficient (Wildman–Crippen LogP) is 4.12. The minimum absolute atomic E-state index is 0.175. The maximum Gasteiger partial charge on any atom is 0.433 e. The van der Waals surface area contributed by atoms with Gasteiger partial charge in [0.25, 0.3) is 0 Å². The highest BCUT2D eigenvalue weighted by Crippen LogP contribution is 2.34. The maximum atomic E-state index is 12.9. The summed E-state index contributed by atoms with van der Waals surface area (Å²) in [5.74, 6) is 1.25. The zero-order chi connectivity index (χ0) is 19.8. The van der Waals surface area contributed by atoms with Crippen LogP contribution in [-0.2, 0) is 18.0 Å². The van der Waals surface area contributed by atoms with Crippen molar-refractivity contribution in [1.82, 2.24) is 19.5 Å². The molecular formula is C17H16F3N5OS. The SMILES string of the molecule is CCSc1ccc(NC(C)=O)nc1-c1nc2cc(C(F)(F)F)ncc2n1C. The molecule has 0 aromatic carbocycles. The van der Waals surface area contributed by atoms with E-state index in [9.17, 15) is 18.0 Å². The van der Waals surface area contributed by atoms with Crippen LogP contribution in [0.25, 0.3) is 22.6 Å². The number of thioether (sulfide) groups is 1. The predicted molar refractivity (Wildman–Crippen MR) is 97.4 cm³/mol. The average molecular weight is 395 g/mol. The second-order valence-electron chi connectivity index (χ2n) is 5.71. The summed E-state index contributed by atoms with van der Waals surface area (Å²) in [6.45, 7) is 3.35. The molecule has 3 heterocycles. The Morgan fingerprint density at radius 3 is 2.67 bits per heavy atom. The number of carbonyl (C=O) groups is 1. The fourth-order valence-electron chi connectivity index (χ4n) is 2.58. The molecule has 0 aliphatic carbocycles. The Morgan fingerprint density at radius 2 is 2.04 bits per heavy atom. The molecule has 27 heavy (non-hydrogen) atoms. The zero-order valence-corrected chi connectivity index (χ0v) is 15.6. The molecule has 1 amide bonds. The molecular weight excluding hydrogens is 379 g/mol. The molecule has 0 saturated heterocycles. The van der Waals surface area contributed by atoms with Crippen LogP contribution in [0.4, 0.5) is 19.0 Å². The minimum atomic E-state index is -4.54. The number of imidazole rings is 1. The van der Waals surface area contributed by atoms with Gasteiger partial charge in [-0.3, -0.25) is 4.79 Å². The molecule has 0 spiro atoms. The van der Waals surface area contributed by atoms with Gasteiger partial charge < -0.3 is 9.88 Å². The number of fused-ring (bicyclic) bond motifs is 1. The number of alkyl halides is 3. The van der Waals surface area contributed by atoms with Crippen molar-refractivity contribution in [1.29, 1.82) is 0 Å². The number of nitrogens with one attached hydrogen (secondary N) is 1. The number of aromatic nitrogens is 4. The lowest BCUT2D eigenvalue weighted by molar-refractivity contribution is -0.141. The van der Waals surface area contributed by atoms with E-state index in [1.807, 2.05) is 6.92 Å². The first-order valence-electron chi connectivity index (χ1n) is 8.02. The van der Waals surface area contributed by atoms with E-state index < -0.39 is 11.9 Å². The van der Waals surface area contributed by atoms with Crippen molar-refractivity contribution in [3.8, 4) is 11.5 Å². The van der Waals surface area contributed by atoms with E-state index in [-0.39, 0.29) is 11.4 Å². The number of halogens is 3. The standard InChI is InChI=1S/C17H16F3N5OS/c1-4-27-12-5-6-14(22-9(2)26)24-15(12)16-23-10-7-13(17(18,19)20)21-8-11(10)25(16)3/h5-8H,4H2,1-3H3,(H,22,24,26). The van der Waals surface area contributed by atoms with Gasteiger partial charge in [0.15, 0.2) is 5.82 Å². The van der Waals surface area contributed by atoms with Gasteiger partial charge in [0.1, 0.15) is 17.2 Å². The maximum absolute atomic E-state index is 12.9. The summed E-state index contributed by atoms with van der Waals surface area (Å²) in [5.41, 5.74) is 0.120. The van der Waals surface area contributed by atoms with Gasteiger partial charge >= 0.3 is 6.18 Å². The lowest BCUT2D eigenvalue weighted by Gasteiger charge is -2.10. The van der Waals surface area contributed by atoms with Crippen LogP contribution in [0.5, 0.6) is 0 Å². The highest BCUT2D eigenvalue weighted by molar-refractivity contribution is 7.99. The van der Waals surface area contributed by atoms with Crippen LogP contribution < -0.4 is 5.32 Å². The first-order chi connectivity index (χ1) is 12.7. The van der Waals surface area contributed by atoms with E-state index in [1.54, 1.807) is 23.7 Å². The Balaban J connectivity index is 2.18. The Kier molecular flexibility index (Phi) is 5.09. The fraction of sp³-hybridized carbons (Fsp3) is 0.294. The number of amides is 1. The molecule has 0 saturated carbocycles. The van der Waals surface area contributed by atoms with Gasteiger partial charge in [-0.1, -0.05) is 6.92 Å². The van der Waals surface area contributed by atoms with Crippen LogP contribution in [0.3, 0.4) is 0 Å². The third-order valence-electron chi connectivity index (χ3n) is 3.73. The van der Waals surface area contributed by atoms with Crippen molar-refractivity contribution >= 4 is 34.5 Å². The number of rotatable bonds is 4. The fourth-order valence-corrected chi connectivity index (χ4v) is 3.33. The van der Waals surface area contributed by atoms with E-state index >= 15 is 0 Å². The molecule has 3 rings (SSSR count). The van der Waals surface area contributed by atoms with Gasteiger partial charge in [0, 0.05) is 18.9 Å². The molecule has 3 aromatic heterocycles. The second-order valence-corrected chi connectivity index (χ2v) is 7.01. The van der Waals surface area contributed by atoms with Gasteiger partial charge in [-0.05, 0) is 24.0 Å². The highest BCUT2D eigenvalue weighted by atomic mass is 32.2. The molecule has 0 radical (unpaired) electrons. The summed E-state index contributed by atoms with van der Waals surface area (Å²) in [7, 11) is 1.69. The molecule has 0 aliphatic rings. The number of anilines is 1. The summed E-state index contributed by atoms with van der Waals surface area (Å²) in [6.07, 6.45) is -3.39. The molecule has 142 valence electrons. The molecule has 0 unspecified atom stereocenters. The van der Waals surface area contributed by atoms with Gasteiger partial charge in [0.2, 0.25) is 5.91 Å².